The Morgan fingerprint density at radius 1 is 1.37 bits per heavy atom. The van der Waals surface area contributed by atoms with Gasteiger partial charge in [-0.15, -0.1) is 0 Å². The second-order valence-corrected chi connectivity index (χ2v) is 5.63. The molecule has 19 heavy (non-hydrogen) atoms. The normalized spacial score (nSPS) is 30.1. The van der Waals surface area contributed by atoms with Gasteiger partial charge in [-0.2, -0.15) is 0 Å². The minimum atomic E-state index is 0.0877. The predicted octanol–water partition coefficient (Wildman–Crippen LogP) is 3.13. The maximum absolute atomic E-state index is 6.22. The van der Waals surface area contributed by atoms with Gasteiger partial charge in [-0.05, 0) is 30.7 Å². The van der Waals surface area contributed by atoms with Gasteiger partial charge in [0.15, 0.2) is 0 Å². The van der Waals surface area contributed by atoms with E-state index in [4.69, 9.17) is 10.5 Å². The lowest BCUT2D eigenvalue weighted by atomic mass is 9.62. The molecule has 1 aliphatic carbocycles. The summed E-state index contributed by atoms with van der Waals surface area (Å²) in [6, 6.07) is 10.3. The fourth-order valence-electron chi connectivity index (χ4n) is 2.85. The molecule has 3 heteroatoms. The Balaban J connectivity index is 1.91. The smallest absolute Gasteiger partial charge is 0.129 e. The summed E-state index contributed by atoms with van der Waals surface area (Å²) < 4.78 is 6.22. The topological polar surface area (TPSA) is 48.1 Å². The van der Waals surface area contributed by atoms with Crippen molar-refractivity contribution < 1.29 is 4.74 Å². The molecule has 1 aromatic carbocycles. The number of rotatable bonds is 3. The first kappa shape index (κ1) is 12.4. The number of pyridine rings is 1. The van der Waals surface area contributed by atoms with E-state index in [-0.39, 0.29) is 17.6 Å². The van der Waals surface area contributed by atoms with E-state index in [9.17, 15) is 0 Å². The summed E-state index contributed by atoms with van der Waals surface area (Å²) in [4.78, 5) is 4.36. The SMILES string of the molecule is CCC1(C)C(N)CC1Oc1cccc2ncccc12. The first-order valence-corrected chi connectivity index (χ1v) is 6.91. The Hall–Kier alpha value is -1.61. The highest BCUT2D eigenvalue weighted by atomic mass is 16.5. The van der Waals surface area contributed by atoms with Crippen molar-refractivity contribution in [2.24, 2.45) is 11.1 Å². The van der Waals surface area contributed by atoms with Crippen LogP contribution in [0.2, 0.25) is 0 Å². The van der Waals surface area contributed by atoms with Gasteiger partial charge in [0.2, 0.25) is 0 Å². The van der Waals surface area contributed by atoms with Crippen LogP contribution in [0.1, 0.15) is 26.7 Å². The lowest BCUT2D eigenvalue weighted by Crippen LogP contribution is -2.61. The molecule has 0 saturated heterocycles. The standard InChI is InChI=1S/C16H20N2O/c1-3-16(2)14(17)10-15(16)19-13-8-4-7-12-11(13)6-5-9-18-12/h4-9,14-15H,3,10,17H2,1-2H3. The minimum Gasteiger partial charge on any atom is -0.489 e. The van der Waals surface area contributed by atoms with Gasteiger partial charge in [0.1, 0.15) is 11.9 Å². The van der Waals surface area contributed by atoms with Crippen molar-refractivity contribution >= 4 is 10.9 Å². The summed E-state index contributed by atoms with van der Waals surface area (Å²) in [5.41, 5.74) is 7.19. The zero-order valence-electron chi connectivity index (χ0n) is 11.5. The lowest BCUT2D eigenvalue weighted by molar-refractivity contribution is -0.0552. The molecule has 1 aromatic heterocycles. The van der Waals surface area contributed by atoms with Crippen LogP contribution >= 0.6 is 0 Å². The van der Waals surface area contributed by atoms with Crippen molar-refractivity contribution in [3.8, 4) is 5.75 Å². The summed E-state index contributed by atoms with van der Waals surface area (Å²) >= 11 is 0. The van der Waals surface area contributed by atoms with E-state index in [1.54, 1.807) is 0 Å². The molecule has 0 spiro atoms. The Kier molecular flexibility index (Phi) is 2.94. The first-order valence-electron chi connectivity index (χ1n) is 6.91. The van der Waals surface area contributed by atoms with Crippen LogP contribution in [0.15, 0.2) is 36.5 Å². The van der Waals surface area contributed by atoms with Gasteiger partial charge < -0.3 is 10.5 Å². The lowest BCUT2D eigenvalue weighted by Gasteiger charge is -2.51. The molecule has 0 aliphatic heterocycles. The van der Waals surface area contributed by atoms with E-state index in [0.717, 1.165) is 29.5 Å². The van der Waals surface area contributed by atoms with Gasteiger partial charge in [0, 0.05) is 29.5 Å². The number of aromatic nitrogens is 1. The van der Waals surface area contributed by atoms with E-state index in [2.05, 4.69) is 24.9 Å². The van der Waals surface area contributed by atoms with Crippen molar-refractivity contribution in [3.05, 3.63) is 36.5 Å². The van der Waals surface area contributed by atoms with Crippen LogP contribution in [0, 0.1) is 5.41 Å². The largest absolute Gasteiger partial charge is 0.489 e. The molecular formula is C16H20N2O. The molecule has 1 heterocycles. The van der Waals surface area contributed by atoms with Crippen LogP contribution in [0.3, 0.4) is 0 Å². The number of fused-ring (bicyclic) bond motifs is 1. The zero-order chi connectivity index (χ0) is 13.5. The molecule has 0 radical (unpaired) electrons. The summed E-state index contributed by atoms with van der Waals surface area (Å²) in [6.45, 7) is 4.40. The third kappa shape index (κ3) is 1.89. The van der Waals surface area contributed by atoms with Crippen LogP contribution in [0.4, 0.5) is 0 Å². The van der Waals surface area contributed by atoms with Gasteiger partial charge >= 0.3 is 0 Å². The zero-order valence-corrected chi connectivity index (χ0v) is 11.5. The average molecular weight is 256 g/mol. The highest BCUT2D eigenvalue weighted by Crippen LogP contribution is 2.45. The quantitative estimate of drug-likeness (QED) is 0.917. The molecule has 100 valence electrons. The maximum atomic E-state index is 6.22. The van der Waals surface area contributed by atoms with Crippen LogP contribution in [0.25, 0.3) is 10.9 Å². The Morgan fingerprint density at radius 2 is 2.21 bits per heavy atom. The molecule has 2 aromatic rings. The van der Waals surface area contributed by atoms with Gasteiger partial charge in [-0.1, -0.05) is 19.9 Å². The predicted molar refractivity (Wildman–Crippen MR) is 77.1 cm³/mol. The molecule has 3 nitrogen and oxygen atoms in total. The highest BCUT2D eigenvalue weighted by Gasteiger charge is 2.50. The van der Waals surface area contributed by atoms with E-state index in [1.165, 1.54) is 0 Å². The fourth-order valence-corrected chi connectivity index (χ4v) is 2.85. The van der Waals surface area contributed by atoms with E-state index < -0.39 is 0 Å². The molecule has 1 saturated carbocycles. The Bertz CT molecular complexity index is 593. The van der Waals surface area contributed by atoms with Crippen molar-refractivity contribution in [2.45, 2.75) is 38.8 Å². The summed E-state index contributed by atoms with van der Waals surface area (Å²) in [6.07, 6.45) is 3.99. The molecule has 1 fully saturated rings. The Labute approximate surface area is 113 Å². The van der Waals surface area contributed by atoms with Crippen molar-refractivity contribution in [3.63, 3.8) is 0 Å². The van der Waals surface area contributed by atoms with Gasteiger partial charge in [0.25, 0.3) is 0 Å². The summed E-state index contributed by atoms with van der Waals surface area (Å²) in [7, 11) is 0. The number of nitrogens with zero attached hydrogens (tertiary/aromatic N) is 1. The van der Waals surface area contributed by atoms with E-state index in [0.29, 0.717) is 0 Å². The molecule has 0 bridgehead atoms. The Morgan fingerprint density at radius 3 is 2.95 bits per heavy atom. The molecule has 0 amide bonds. The third-order valence-corrected chi connectivity index (χ3v) is 4.69. The fraction of sp³-hybridized carbons (Fsp3) is 0.438. The molecule has 1 aliphatic rings. The number of hydrogen-bond acceptors (Lipinski definition) is 3. The minimum absolute atomic E-state index is 0.0877. The molecular weight excluding hydrogens is 236 g/mol. The van der Waals surface area contributed by atoms with Crippen molar-refractivity contribution in [2.75, 3.05) is 0 Å². The number of benzene rings is 1. The van der Waals surface area contributed by atoms with Gasteiger partial charge in [-0.25, -0.2) is 0 Å². The van der Waals surface area contributed by atoms with E-state index >= 15 is 0 Å². The van der Waals surface area contributed by atoms with Gasteiger partial charge in [0.05, 0.1) is 5.52 Å². The van der Waals surface area contributed by atoms with Crippen molar-refractivity contribution in [1.29, 1.82) is 0 Å². The molecule has 3 unspecified atom stereocenters. The van der Waals surface area contributed by atoms with Gasteiger partial charge in [-0.3, -0.25) is 4.98 Å². The first-order chi connectivity index (χ1) is 9.15. The number of hydrogen-bond donors (Lipinski definition) is 1. The van der Waals surface area contributed by atoms with Crippen LogP contribution < -0.4 is 10.5 Å². The van der Waals surface area contributed by atoms with Crippen LogP contribution in [-0.2, 0) is 0 Å². The number of nitrogens with two attached hydrogens (primary N) is 1. The van der Waals surface area contributed by atoms with Crippen molar-refractivity contribution in [1.82, 2.24) is 4.98 Å². The van der Waals surface area contributed by atoms with Crippen LogP contribution in [0.5, 0.6) is 5.75 Å². The third-order valence-electron chi connectivity index (χ3n) is 4.69. The summed E-state index contributed by atoms with van der Waals surface area (Å²) in [5.74, 6) is 0.919. The maximum Gasteiger partial charge on any atom is 0.129 e. The molecule has 3 rings (SSSR count). The second-order valence-electron chi connectivity index (χ2n) is 5.63. The molecule has 2 N–H and O–H groups in total. The van der Waals surface area contributed by atoms with E-state index in [1.807, 2.05) is 30.5 Å². The number of ether oxygens (including phenoxy) is 1. The second kappa shape index (κ2) is 4.49. The average Bonchev–Trinajstić information content (AvgIpc) is 2.46. The highest BCUT2D eigenvalue weighted by molar-refractivity contribution is 5.84. The molecule has 3 atom stereocenters. The monoisotopic (exact) mass is 256 g/mol. The van der Waals surface area contributed by atoms with Crippen LogP contribution in [-0.4, -0.2) is 17.1 Å². The summed E-state index contributed by atoms with van der Waals surface area (Å²) in [5, 5.41) is 1.07.